The molecular formula is C28H43N3O4S. The van der Waals surface area contributed by atoms with Crippen LogP contribution in [0.3, 0.4) is 0 Å². The summed E-state index contributed by atoms with van der Waals surface area (Å²) in [4.78, 5) is 47.7. The lowest BCUT2D eigenvalue weighted by molar-refractivity contribution is -0.148. The molecule has 0 aromatic heterocycles. The Balaban J connectivity index is 1.77. The second kappa shape index (κ2) is 10.9. The van der Waals surface area contributed by atoms with Gasteiger partial charge in [-0.3, -0.25) is 14.4 Å². The van der Waals surface area contributed by atoms with E-state index in [2.05, 4.69) is 13.2 Å². The summed E-state index contributed by atoms with van der Waals surface area (Å²) in [5.41, 5.74) is 0. The Morgan fingerprint density at radius 3 is 2.39 bits per heavy atom. The number of likely N-dealkylation sites (tertiary alicyclic amines) is 1. The lowest BCUT2D eigenvalue weighted by atomic mass is 9.70. The Labute approximate surface area is 220 Å². The van der Waals surface area contributed by atoms with E-state index in [1.54, 1.807) is 40.8 Å². The molecule has 3 saturated heterocycles. The molecule has 7 nitrogen and oxygen atoms in total. The zero-order valence-electron chi connectivity index (χ0n) is 22.1. The van der Waals surface area contributed by atoms with Gasteiger partial charge in [-0.15, -0.1) is 24.9 Å². The van der Waals surface area contributed by atoms with Gasteiger partial charge in [0.2, 0.25) is 17.7 Å². The number of carbonyl (C=O) groups excluding carboxylic acids is 3. The van der Waals surface area contributed by atoms with Crippen molar-refractivity contribution >= 4 is 29.5 Å². The summed E-state index contributed by atoms with van der Waals surface area (Å²) < 4.78 is -0.634. The van der Waals surface area contributed by atoms with Gasteiger partial charge in [0, 0.05) is 31.4 Å². The van der Waals surface area contributed by atoms with Crippen molar-refractivity contribution in [1.29, 1.82) is 0 Å². The number of hydrogen-bond acceptors (Lipinski definition) is 5. The van der Waals surface area contributed by atoms with E-state index in [0.29, 0.717) is 13.1 Å². The molecule has 3 heterocycles. The summed E-state index contributed by atoms with van der Waals surface area (Å²) in [6.45, 7) is 12.3. The summed E-state index contributed by atoms with van der Waals surface area (Å²) in [6.07, 6.45) is 10.4. The Kier molecular flexibility index (Phi) is 8.25. The Morgan fingerprint density at radius 2 is 1.81 bits per heavy atom. The van der Waals surface area contributed by atoms with Gasteiger partial charge in [-0.1, -0.05) is 45.3 Å². The second-order valence-electron chi connectivity index (χ2n) is 11.4. The summed E-state index contributed by atoms with van der Waals surface area (Å²) in [5, 5.41) is 10.4. The highest BCUT2D eigenvalue weighted by atomic mass is 32.2. The standard InChI is InChI=1S/C28H43N3O4S/c1-6-15-29(5)25(33)22-21-13-14-28(36-21)23(22)26(34)31(20(17-32)18(3)4)24(28)27(35)30(16-7-2)19-11-9-8-10-12-19/h6-7,18-24,32H,1-2,8-17H2,3-5H3/t20-,21-,22+,23-,24?,28?/m0/s1. The maximum atomic E-state index is 14.6. The van der Waals surface area contributed by atoms with E-state index in [-0.39, 0.29) is 41.5 Å². The maximum Gasteiger partial charge on any atom is 0.247 e. The van der Waals surface area contributed by atoms with E-state index in [4.69, 9.17) is 0 Å². The number of likely N-dealkylation sites (N-methyl/N-ethyl adjacent to an activating group) is 1. The molecule has 0 radical (unpaired) electrons. The fraction of sp³-hybridized carbons (Fsp3) is 0.750. The van der Waals surface area contributed by atoms with Crippen LogP contribution < -0.4 is 0 Å². The molecule has 4 rings (SSSR count). The van der Waals surface area contributed by atoms with Gasteiger partial charge in [-0.25, -0.2) is 0 Å². The predicted octanol–water partition coefficient (Wildman–Crippen LogP) is 3.09. The second-order valence-corrected chi connectivity index (χ2v) is 13.0. The van der Waals surface area contributed by atoms with Gasteiger partial charge in [-0.2, -0.15) is 0 Å². The van der Waals surface area contributed by atoms with Crippen LogP contribution in [-0.2, 0) is 14.4 Å². The van der Waals surface area contributed by atoms with Gasteiger partial charge in [0.05, 0.1) is 29.2 Å². The molecular weight excluding hydrogens is 474 g/mol. The predicted molar refractivity (Wildman–Crippen MR) is 143 cm³/mol. The minimum Gasteiger partial charge on any atom is -0.394 e. The molecule has 4 fully saturated rings. The smallest absolute Gasteiger partial charge is 0.247 e. The SMILES string of the molecule is C=CCN(C)C(=O)[C@@H]1[C@@H]2CCC3(S2)C(C(=O)N(CC=C)C2CCCCC2)N([C@@H](CO)C(C)C)C(=O)[C@H]13. The molecule has 3 amide bonds. The van der Waals surface area contributed by atoms with Crippen LogP contribution in [0.2, 0.25) is 0 Å². The van der Waals surface area contributed by atoms with E-state index in [9.17, 15) is 19.5 Å². The minimum absolute atomic E-state index is 0.0215. The zero-order chi connectivity index (χ0) is 26.2. The van der Waals surface area contributed by atoms with Crippen molar-refractivity contribution in [2.75, 3.05) is 26.7 Å². The van der Waals surface area contributed by atoms with Gasteiger partial charge in [0.25, 0.3) is 0 Å². The molecule has 1 N–H and O–H groups in total. The number of nitrogens with zero attached hydrogens (tertiary/aromatic N) is 3. The van der Waals surface area contributed by atoms with Crippen molar-refractivity contribution < 1.29 is 19.5 Å². The normalized spacial score (nSPS) is 32.5. The third-order valence-electron chi connectivity index (χ3n) is 8.97. The number of rotatable bonds is 10. The van der Waals surface area contributed by atoms with Gasteiger partial charge in [-0.05, 0) is 31.6 Å². The van der Waals surface area contributed by atoms with E-state index in [1.165, 1.54) is 6.42 Å². The first-order valence-corrected chi connectivity index (χ1v) is 14.5. The largest absolute Gasteiger partial charge is 0.394 e. The number of amides is 3. The quantitative estimate of drug-likeness (QED) is 0.451. The molecule has 36 heavy (non-hydrogen) atoms. The molecule has 4 aliphatic rings. The average Bonchev–Trinajstić information content (AvgIpc) is 3.50. The monoisotopic (exact) mass is 517 g/mol. The first-order chi connectivity index (χ1) is 17.2. The number of hydrogen-bond donors (Lipinski definition) is 1. The van der Waals surface area contributed by atoms with Crippen molar-refractivity contribution in [2.24, 2.45) is 17.8 Å². The summed E-state index contributed by atoms with van der Waals surface area (Å²) >= 11 is 1.70. The van der Waals surface area contributed by atoms with E-state index in [0.717, 1.165) is 38.5 Å². The van der Waals surface area contributed by atoms with Crippen molar-refractivity contribution in [3.8, 4) is 0 Å². The van der Waals surface area contributed by atoms with E-state index < -0.39 is 28.7 Å². The molecule has 8 heteroatoms. The van der Waals surface area contributed by atoms with Crippen molar-refractivity contribution in [1.82, 2.24) is 14.7 Å². The molecule has 0 aromatic rings. The molecule has 2 bridgehead atoms. The van der Waals surface area contributed by atoms with E-state index >= 15 is 0 Å². The first-order valence-electron chi connectivity index (χ1n) is 13.6. The number of aliphatic hydroxyl groups is 1. The first kappa shape index (κ1) is 27.2. The van der Waals surface area contributed by atoms with E-state index in [1.807, 2.05) is 18.7 Å². The molecule has 1 spiro atoms. The van der Waals surface area contributed by atoms with Crippen LogP contribution in [-0.4, -0.2) is 92.4 Å². The molecule has 6 atom stereocenters. The minimum atomic E-state index is -0.672. The van der Waals surface area contributed by atoms with Crippen LogP contribution in [0, 0.1) is 17.8 Å². The summed E-state index contributed by atoms with van der Waals surface area (Å²) in [7, 11) is 1.76. The lowest BCUT2D eigenvalue weighted by Crippen LogP contribution is -2.60. The van der Waals surface area contributed by atoms with Gasteiger partial charge < -0.3 is 19.8 Å². The van der Waals surface area contributed by atoms with Crippen molar-refractivity contribution in [2.45, 2.75) is 86.9 Å². The highest BCUT2D eigenvalue weighted by Gasteiger charge is 2.74. The molecule has 1 aliphatic carbocycles. The van der Waals surface area contributed by atoms with Crippen molar-refractivity contribution in [3.63, 3.8) is 0 Å². The number of aliphatic hydroxyl groups excluding tert-OH is 1. The van der Waals surface area contributed by atoms with Crippen LogP contribution in [0.15, 0.2) is 25.3 Å². The highest BCUT2D eigenvalue weighted by molar-refractivity contribution is 8.02. The molecule has 1 saturated carbocycles. The zero-order valence-corrected chi connectivity index (χ0v) is 22.9. The number of carbonyl (C=O) groups is 3. The molecule has 0 aromatic carbocycles. The fourth-order valence-electron chi connectivity index (χ4n) is 7.28. The molecule has 3 aliphatic heterocycles. The topological polar surface area (TPSA) is 81.2 Å². The van der Waals surface area contributed by atoms with Crippen LogP contribution in [0.1, 0.15) is 58.8 Å². The van der Waals surface area contributed by atoms with Crippen LogP contribution in [0.5, 0.6) is 0 Å². The Hall–Kier alpha value is -1.80. The van der Waals surface area contributed by atoms with Crippen LogP contribution in [0.4, 0.5) is 0 Å². The number of thioether (sulfide) groups is 1. The lowest BCUT2D eigenvalue weighted by Gasteiger charge is -2.43. The molecule has 2 unspecified atom stereocenters. The highest BCUT2D eigenvalue weighted by Crippen LogP contribution is 2.67. The Morgan fingerprint density at radius 1 is 1.14 bits per heavy atom. The van der Waals surface area contributed by atoms with Crippen molar-refractivity contribution in [3.05, 3.63) is 25.3 Å². The fourth-order valence-corrected chi connectivity index (χ4v) is 9.47. The van der Waals surface area contributed by atoms with Gasteiger partial charge in [0.1, 0.15) is 6.04 Å². The van der Waals surface area contributed by atoms with Gasteiger partial charge >= 0.3 is 0 Å². The van der Waals surface area contributed by atoms with Crippen LogP contribution in [0.25, 0.3) is 0 Å². The number of fused-ring (bicyclic) bond motifs is 1. The summed E-state index contributed by atoms with van der Waals surface area (Å²) in [6, 6.07) is -0.998. The average molecular weight is 518 g/mol. The molecule has 200 valence electrons. The maximum absolute atomic E-state index is 14.6. The Bertz CT molecular complexity index is 888. The third kappa shape index (κ3) is 4.32. The van der Waals surface area contributed by atoms with Gasteiger partial charge in [0.15, 0.2) is 0 Å². The summed E-state index contributed by atoms with van der Waals surface area (Å²) in [5.74, 6) is -1.22. The van der Waals surface area contributed by atoms with Crippen LogP contribution >= 0.6 is 11.8 Å². The third-order valence-corrected chi connectivity index (χ3v) is 10.9.